The Balaban J connectivity index is 0.00000220. The van der Waals surface area contributed by atoms with E-state index in [4.69, 9.17) is 0 Å². The number of rotatable bonds is 5. The molecule has 1 aliphatic rings. The van der Waals surface area contributed by atoms with Crippen LogP contribution in [0.4, 0.5) is 0 Å². The van der Waals surface area contributed by atoms with Crippen molar-refractivity contribution in [1.82, 2.24) is 10.2 Å². The third kappa shape index (κ3) is 6.53. The van der Waals surface area contributed by atoms with E-state index in [0.717, 1.165) is 38.9 Å². The number of hydrogen-bond donors (Lipinski definition) is 1. The van der Waals surface area contributed by atoms with Crippen LogP contribution in [0.3, 0.4) is 0 Å². The molecule has 1 saturated heterocycles. The van der Waals surface area contributed by atoms with Gasteiger partial charge in [0.25, 0.3) is 0 Å². The molecule has 0 bridgehead atoms. The molecule has 21 heavy (non-hydrogen) atoms. The number of nitrogens with one attached hydrogen (secondary N) is 1. The van der Waals surface area contributed by atoms with Crippen molar-refractivity contribution in [2.45, 2.75) is 38.6 Å². The summed E-state index contributed by atoms with van der Waals surface area (Å²) in [6, 6.07) is 9.08. The zero-order valence-electron chi connectivity index (χ0n) is 12.5. The monoisotopic (exact) mass is 422 g/mol. The lowest BCUT2D eigenvalue weighted by molar-refractivity contribution is -0.132. The molecule has 0 aromatic heterocycles. The Morgan fingerprint density at radius 2 is 2.05 bits per heavy atom. The average Bonchev–Trinajstić information content (AvgIpc) is 2.45. The first-order chi connectivity index (χ1) is 9.65. The molecule has 1 fully saturated rings. The molecular formula is C16H24ClIN2O. The van der Waals surface area contributed by atoms with Crippen LogP contribution >= 0.6 is 35.0 Å². The topological polar surface area (TPSA) is 32.3 Å². The van der Waals surface area contributed by atoms with Gasteiger partial charge in [-0.25, -0.2) is 0 Å². The van der Waals surface area contributed by atoms with Gasteiger partial charge in [0.2, 0.25) is 5.91 Å². The summed E-state index contributed by atoms with van der Waals surface area (Å²) in [6.07, 6.45) is 3.84. The third-order valence-electron chi connectivity index (χ3n) is 3.74. The number of carbonyl (C=O) groups excluding carboxylic acids is 1. The molecule has 2 rings (SSSR count). The second-order valence-electron chi connectivity index (χ2n) is 5.53. The highest BCUT2D eigenvalue weighted by Gasteiger charge is 2.19. The van der Waals surface area contributed by atoms with Crippen LogP contribution in [0, 0.1) is 3.57 Å². The number of aryl methyl sites for hydroxylation is 1. The predicted molar refractivity (Wildman–Crippen MR) is 98.0 cm³/mol. The second-order valence-corrected chi connectivity index (χ2v) is 6.77. The molecule has 118 valence electrons. The van der Waals surface area contributed by atoms with Crippen molar-refractivity contribution in [3.8, 4) is 0 Å². The molecule has 1 amide bonds. The Morgan fingerprint density at radius 1 is 1.33 bits per heavy atom. The maximum Gasteiger partial charge on any atom is 0.222 e. The van der Waals surface area contributed by atoms with E-state index in [2.05, 4.69) is 59.1 Å². The largest absolute Gasteiger partial charge is 0.340 e. The molecule has 1 atom stereocenters. The van der Waals surface area contributed by atoms with Crippen molar-refractivity contribution in [3.63, 3.8) is 0 Å². The van der Waals surface area contributed by atoms with E-state index < -0.39 is 0 Å². The summed E-state index contributed by atoms with van der Waals surface area (Å²) in [5.41, 5.74) is 1.37. The molecule has 5 heteroatoms. The maximum atomic E-state index is 12.1. The van der Waals surface area contributed by atoms with Crippen LogP contribution in [0.15, 0.2) is 24.3 Å². The SMILES string of the molecule is CC1CN(C(=O)CCCCc2ccc(I)cc2)CCN1.Cl. The van der Waals surface area contributed by atoms with Crippen molar-refractivity contribution >= 4 is 40.9 Å². The van der Waals surface area contributed by atoms with Crippen LogP contribution < -0.4 is 5.32 Å². The van der Waals surface area contributed by atoms with Crippen molar-refractivity contribution in [3.05, 3.63) is 33.4 Å². The number of halogens is 2. The molecule has 1 aromatic carbocycles. The maximum absolute atomic E-state index is 12.1. The van der Waals surface area contributed by atoms with E-state index in [-0.39, 0.29) is 12.4 Å². The molecule has 0 spiro atoms. The molecule has 1 aliphatic heterocycles. The highest BCUT2D eigenvalue weighted by molar-refractivity contribution is 14.1. The van der Waals surface area contributed by atoms with Gasteiger partial charge in [0.1, 0.15) is 0 Å². The number of amides is 1. The van der Waals surface area contributed by atoms with Crippen molar-refractivity contribution < 1.29 is 4.79 Å². The molecule has 1 heterocycles. The Hall–Kier alpha value is -0.330. The summed E-state index contributed by atoms with van der Waals surface area (Å²) in [6.45, 7) is 4.78. The van der Waals surface area contributed by atoms with Gasteiger partial charge in [-0.3, -0.25) is 4.79 Å². The Labute approximate surface area is 147 Å². The van der Waals surface area contributed by atoms with Gasteiger partial charge in [-0.15, -0.1) is 12.4 Å². The van der Waals surface area contributed by atoms with E-state index >= 15 is 0 Å². The van der Waals surface area contributed by atoms with Crippen LogP contribution in [0.1, 0.15) is 31.7 Å². The molecule has 3 nitrogen and oxygen atoms in total. The number of unbranched alkanes of at least 4 members (excludes halogenated alkanes) is 1. The van der Waals surface area contributed by atoms with Gasteiger partial charge in [-0.1, -0.05) is 12.1 Å². The van der Waals surface area contributed by atoms with Gasteiger partial charge in [0.15, 0.2) is 0 Å². The molecule has 0 saturated carbocycles. The first-order valence-corrected chi connectivity index (χ1v) is 8.48. The summed E-state index contributed by atoms with van der Waals surface area (Å²) in [7, 11) is 0. The van der Waals surface area contributed by atoms with Crippen LogP contribution in [-0.4, -0.2) is 36.5 Å². The number of benzene rings is 1. The Bertz CT molecular complexity index is 438. The minimum Gasteiger partial charge on any atom is -0.340 e. The van der Waals surface area contributed by atoms with Gasteiger partial charge in [0.05, 0.1) is 0 Å². The molecule has 1 unspecified atom stereocenters. The fourth-order valence-electron chi connectivity index (χ4n) is 2.57. The first-order valence-electron chi connectivity index (χ1n) is 7.41. The zero-order valence-corrected chi connectivity index (χ0v) is 15.5. The fraction of sp³-hybridized carbons (Fsp3) is 0.562. The fourth-order valence-corrected chi connectivity index (χ4v) is 2.93. The minimum absolute atomic E-state index is 0. The number of nitrogens with zero attached hydrogens (tertiary/aromatic N) is 1. The normalized spacial score (nSPS) is 18.2. The first kappa shape index (κ1) is 18.7. The van der Waals surface area contributed by atoms with Crippen molar-refractivity contribution in [2.75, 3.05) is 19.6 Å². The van der Waals surface area contributed by atoms with Gasteiger partial charge in [0, 0.05) is 35.7 Å². The predicted octanol–water partition coefficient (Wildman–Crippen LogP) is 3.25. The molecular weight excluding hydrogens is 399 g/mol. The summed E-state index contributed by atoms with van der Waals surface area (Å²) >= 11 is 2.32. The minimum atomic E-state index is 0. The third-order valence-corrected chi connectivity index (χ3v) is 4.46. The van der Waals surface area contributed by atoms with Gasteiger partial charge in [-0.05, 0) is 66.5 Å². The molecule has 1 N–H and O–H groups in total. The Kier molecular flexibility index (Phi) is 8.59. The van der Waals surface area contributed by atoms with Crippen molar-refractivity contribution in [1.29, 1.82) is 0 Å². The summed E-state index contributed by atoms with van der Waals surface area (Å²) < 4.78 is 1.27. The van der Waals surface area contributed by atoms with E-state index in [0.29, 0.717) is 18.4 Å². The lowest BCUT2D eigenvalue weighted by Gasteiger charge is -2.32. The van der Waals surface area contributed by atoms with E-state index in [9.17, 15) is 4.79 Å². The lowest BCUT2D eigenvalue weighted by Crippen LogP contribution is -2.51. The highest BCUT2D eigenvalue weighted by Crippen LogP contribution is 2.11. The average molecular weight is 423 g/mol. The second kappa shape index (κ2) is 9.64. The highest BCUT2D eigenvalue weighted by atomic mass is 127. The number of carbonyl (C=O) groups is 1. The summed E-state index contributed by atoms with van der Waals surface area (Å²) in [5.74, 6) is 0.320. The van der Waals surface area contributed by atoms with Crippen molar-refractivity contribution in [2.24, 2.45) is 0 Å². The van der Waals surface area contributed by atoms with Crippen LogP contribution in [0.25, 0.3) is 0 Å². The standard InChI is InChI=1S/C16H23IN2O.ClH/c1-13-12-19(11-10-18-13)16(20)5-3-2-4-14-6-8-15(17)9-7-14;/h6-9,13,18H,2-5,10-12H2,1H3;1H. The molecule has 0 radical (unpaired) electrons. The number of piperazine rings is 1. The molecule has 0 aliphatic carbocycles. The van der Waals surface area contributed by atoms with Crippen LogP contribution in [0.2, 0.25) is 0 Å². The van der Waals surface area contributed by atoms with Crippen LogP contribution in [-0.2, 0) is 11.2 Å². The van der Waals surface area contributed by atoms with E-state index in [1.54, 1.807) is 0 Å². The van der Waals surface area contributed by atoms with E-state index in [1.807, 2.05) is 4.90 Å². The zero-order chi connectivity index (χ0) is 14.4. The van der Waals surface area contributed by atoms with Gasteiger partial charge in [-0.2, -0.15) is 0 Å². The van der Waals surface area contributed by atoms with Gasteiger partial charge < -0.3 is 10.2 Å². The number of hydrogen-bond acceptors (Lipinski definition) is 2. The molecule has 1 aromatic rings. The quantitative estimate of drug-likeness (QED) is 0.583. The smallest absolute Gasteiger partial charge is 0.222 e. The van der Waals surface area contributed by atoms with Gasteiger partial charge >= 0.3 is 0 Å². The summed E-state index contributed by atoms with van der Waals surface area (Å²) in [4.78, 5) is 14.1. The van der Waals surface area contributed by atoms with Crippen LogP contribution in [0.5, 0.6) is 0 Å². The lowest BCUT2D eigenvalue weighted by atomic mass is 10.1. The Morgan fingerprint density at radius 3 is 2.71 bits per heavy atom. The van der Waals surface area contributed by atoms with E-state index in [1.165, 1.54) is 9.13 Å². The summed E-state index contributed by atoms with van der Waals surface area (Å²) in [5, 5.41) is 3.37.